The summed E-state index contributed by atoms with van der Waals surface area (Å²) < 4.78 is 0. The van der Waals surface area contributed by atoms with E-state index in [1.54, 1.807) is 0 Å². The van der Waals surface area contributed by atoms with Crippen LogP contribution < -0.4 is 0 Å². The summed E-state index contributed by atoms with van der Waals surface area (Å²) in [6, 6.07) is 57.0. The molecule has 2 heterocycles. The molecular weight excluding hydrogens is 635 g/mol. The van der Waals surface area contributed by atoms with Crippen molar-refractivity contribution in [2.24, 2.45) is 0 Å². The molecule has 2 aromatic heterocycles. The Morgan fingerprint density at radius 1 is 0.385 bits per heavy atom. The number of rotatable bonds is 6. The molecule has 0 unspecified atom stereocenters. The van der Waals surface area contributed by atoms with E-state index in [2.05, 4.69) is 66.7 Å². The van der Waals surface area contributed by atoms with Crippen LogP contribution in [0.4, 0.5) is 0 Å². The van der Waals surface area contributed by atoms with Crippen LogP contribution in [0.1, 0.15) is 16.7 Å². The molecule has 9 rings (SSSR count). The average molecular weight is 666 g/mol. The molecule has 0 atom stereocenters. The third-order valence-corrected chi connectivity index (χ3v) is 9.56. The van der Waals surface area contributed by atoms with E-state index < -0.39 is 0 Å². The highest BCUT2D eigenvalue weighted by atomic mass is 14.9. The minimum Gasteiger partial charge on any atom is -0.298 e. The van der Waals surface area contributed by atoms with Crippen LogP contribution in [0.15, 0.2) is 170 Å². The van der Waals surface area contributed by atoms with E-state index in [0.29, 0.717) is 5.82 Å². The second-order valence-electron chi connectivity index (χ2n) is 12.8. The normalized spacial score (nSPS) is 12.4. The van der Waals surface area contributed by atoms with Gasteiger partial charge in [-0.25, -0.2) is 15.0 Å². The maximum atomic E-state index is 9.26. The second-order valence-corrected chi connectivity index (χ2v) is 12.8. The average Bonchev–Trinajstić information content (AvgIpc) is 3.22. The lowest BCUT2D eigenvalue weighted by Crippen LogP contribution is -2.21. The summed E-state index contributed by atoms with van der Waals surface area (Å²) in [5.41, 5.74) is 13.0. The Balaban J connectivity index is 1.14. The number of fused-ring (bicyclic) bond motifs is 3. The van der Waals surface area contributed by atoms with Crippen LogP contribution in [0.3, 0.4) is 0 Å². The Bertz CT molecular complexity index is 2610. The Morgan fingerprint density at radius 2 is 0.885 bits per heavy atom. The van der Waals surface area contributed by atoms with Crippen molar-refractivity contribution in [3.63, 3.8) is 0 Å². The van der Waals surface area contributed by atoms with Gasteiger partial charge in [0.05, 0.1) is 34.0 Å². The molecule has 5 nitrogen and oxygen atoms in total. The van der Waals surface area contributed by atoms with Gasteiger partial charge < -0.3 is 0 Å². The van der Waals surface area contributed by atoms with E-state index in [0.717, 1.165) is 83.6 Å². The molecule has 244 valence electrons. The summed E-state index contributed by atoms with van der Waals surface area (Å²) in [6.07, 6.45) is 2.03. The highest BCUT2D eigenvalue weighted by molar-refractivity contribution is 6.64. The summed E-state index contributed by atoms with van der Waals surface area (Å²) in [5, 5.41) is 19.2. The van der Waals surface area contributed by atoms with E-state index in [-0.39, 0.29) is 11.4 Å². The third-order valence-electron chi connectivity index (χ3n) is 9.56. The molecule has 5 heteroatoms. The van der Waals surface area contributed by atoms with Crippen LogP contribution >= 0.6 is 0 Å². The zero-order valence-corrected chi connectivity index (χ0v) is 28.1. The maximum absolute atomic E-state index is 9.26. The standard InChI is InChI=1S/C47H31N5/c48-44-38(31-13-5-1-6-14-31)28-39-43(45(44)49)37-26-25-36(27-42(37)50-46(39)34-17-9-3-10-18-34)30-21-23-33(24-22-30)41-29-40(32-15-7-2-8-16-32)51-47(52-41)35-19-11-4-12-20-35/h1-29,48-49H. The number of allylic oxidation sites excluding steroid dienone is 1. The van der Waals surface area contributed by atoms with E-state index in [1.807, 2.05) is 109 Å². The lowest BCUT2D eigenvalue weighted by molar-refractivity contribution is 1.18. The lowest BCUT2D eigenvalue weighted by Gasteiger charge is -2.23. The van der Waals surface area contributed by atoms with Crippen molar-refractivity contribution in [3.05, 3.63) is 187 Å². The molecule has 0 spiro atoms. The second kappa shape index (κ2) is 13.0. The SMILES string of the molecule is N=C1C(=N)c2c(c(-c3ccccc3)nc3cc(-c4ccc(-c5cc(-c6ccccc6)nc(-c6ccccc6)n5)cc4)ccc23)C=C1c1ccccc1. The van der Waals surface area contributed by atoms with Gasteiger partial charge in [-0.05, 0) is 34.9 Å². The van der Waals surface area contributed by atoms with Crippen LogP contribution in [-0.4, -0.2) is 26.4 Å². The number of hydrogen-bond donors (Lipinski definition) is 2. The van der Waals surface area contributed by atoms with E-state index >= 15 is 0 Å². The monoisotopic (exact) mass is 665 g/mol. The smallest absolute Gasteiger partial charge is 0.160 e. The predicted octanol–water partition coefficient (Wildman–Crippen LogP) is 11.3. The summed E-state index contributed by atoms with van der Waals surface area (Å²) in [7, 11) is 0. The van der Waals surface area contributed by atoms with E-state index in [9.17, 15) is 5.41 Å². The van der Waals surface area contributed by atoms with Crippen molar-refractivity contribution in [3.8, 4) is 56.3 Å². The molecule has 0 aliphatic heterocycles. The van der Waals surface area contributed by atoms with Gasteiger partial charge in [-0.1, -0.05) is 158 Å². The molecule has 1 aliphatic rings. The maximum Gasteiger partial charge on any atom is 0.160 e. The van der Waals surface area contributed by atoms with Crippen LogP contribution in [0.5, 0.6) is 0 Å². The first-order valence-corrected chi connectivity index (χ1v) is 17.2. The molecule has 0 radical (unpaired) electrons. The fourth-order valence-corrected chi connectivity index (χ4v) is 6.91. The van der Waals surface area contributed by atoms with Crippen molar-refractivity contribution >= 4 is 34.0 Å². The van der Waals surface area contributed by atoms with Crippen molar-refractivity contribution < 1.29 is 0 Å². The molecule has 0 amide bonds. The number of nitrogens with one attached hydrogen (secondary N) is 2. The Morgan fingerprint density at radius 3 is 1.50 bits per heavy atom. The zero-order chi connectivity index (χ0) is 35.0. The number of aromatic nitrogens is 3. The van der Waals surface area contributed by atoms with Gasteiger partial charge >= 0.3 is 0 Å². The highest BCUT2D eigenvalue weighted by Crippen LogP contribution is 2.39. The van der Waals surface area contributed by atoms with Gasteiger partial charge in [-0.2, -0.15) is 0 Å². The van der Waals surface area contributed by atoms with Crippen LogP contribution in [0.25, 0.3) is 78.8 Å². The minimum atomic E-state index is 0.202. The summed E-state index contributed by atoms with van der Waals surface area (Å²) in [4.78, 5) is 15.2. The Kier molecular flexibility index (Phi) is 7.71. The quantitative estimate of drug-likeness (QED) is 0.185. The topological polar surface area (TPSA) is 86.4 Å². The molecular formula is C47H31N5. The molecule has 1 aliphatic carbocycles. The third kappa shape index (κ3) is 5.60. The zero-order valence-electron chi connectivity index (χ0n) is 28.1. The summed E-state index contributed by atoms with van der Waals surface area (Å²) in [5.74, 6) is 0.684. The first kappa shape index (κ1) is 30.9. The molecule has 0 fully saturated rings. The number of benzene rings is 6. The number of pyridine rings is 1. The largest absolute Gasteiger partial charge is 0.298 e. The van der Waals surface area contributed by atoms with Crippen LogP contribution in [0, 0.1) is 10.8 Å². The molecule has 6 aromatic carbocycles. The fourth-order valence-electron chi connectivity index (χ4n) is 6.91. The first-order chi connectivity index (χ1) is 25.6. The highest BCUT2D eigenvalue weighted by Gasteiger charge is 2.28. The van der Waals surface area contributed by atoms with Crippen molar-refractivity contribution in [1.82, 2.24) is 15.0 Å². The van der Waals surface area contributed by atoms with Gasteiger partial charge in [-0.3, -0.25) is 10.8 Å². The minimum absolute atomic E-state index is 0.202. The number of hydrogen-bond acceptors (Lipinski definition) is 5. The van der Waals surface area contributed by atoms with Crippen molar-refractivity contribution in [1.29, 1.82) is 10.8 Å². The fraction of sp³-hybridized carbons (Fsp3) is 0. The molecule has 0 saturated carbocycles. The summed E-state index contributed by atoms with van der Waals surface area (Å²) in [6.45, 7) is 0. The molecule has 0 saturated heterocycles. The van der Waals surface area contributed by atoms with Crippen molar-refractivity contribution in [2.75, 3.05) is 0 Å². The summed E-state index contributed by atoms with van der Waals surface area (Å²) >= 11 is 0. The van der Waals surface area contributed by atoms with E-state index in [1.165, 1.54) is 0 Å². The number of nitrogens with zero attached hydrogens (tertiary/aromatic N) is 3. The Hall–Kier alpha value is -7.11. The van der Waals surface area contributed by atoms with Crippen LogP contribution in [0.2, 0.25) is 0 Å². The van der Waals surface area contributed by atoms with Crippen molar-refractivity contribution in [2.45, 2.75) is 0 Å². The molecule has 0 bridgehead atoms. The van der Waals surface area contributed by atoms with Gasteiger partial charge in [0.15, 0.2) is 5.82 Å². The molecule has 8 aromatic rings. The van der Waals surface area contributed by atoms with Gasteiger partial charge in [0.25, 0.3) is 0 Å². The van der Waals surface area contributed by atoms with Gasteiger partial charge in [-0.15, -0.1) is 0 Å². The van der Waals surface area contributed by atoms with Gasteiger partial charge in [0, 0.05) is 44.3 Å². The lowest BCUT2D eigenvalue weighted by atomic mass is 9.82. The molecule has 2 N–H and O–H groups in total. The predicted molar refractivity (Wildman–Crippen MR) is 213 cm³/mol. The Labute approximate surface area is 301 Å². The van der Waals surface area contributed by atoms with Gasteiger partial charge in [0.2, 0.25) is 0 Å². The van der Waals surface area contributed by atoms with Gasteiger partial charge in [0.1, 0.15) is 0 Å². The van der Waals surface area contributed by atoms with Crippen LogP contribution in [-0.2, 0) is 0 Å². The van der Waals surface area contributed by atoms with E-state index in [4.69, 9.17) is 20.4 Å². The molecule has 52 heavy (non-hydrogen) atoms. The first-order valence-electron chi connectivity index (χ1n) is 17.2.